The lowest BCUT2D eigenvalue weighted by Crippen LogP contribution is -2.28. The van der Waals surface area contributed by atoms with Gasteiger partial charge in [-0.1, -0.05) is 11.6 Å². The maximum absolute atomic E-state index is 5.42. The zero-order valence-corrected chi connectivity index (χ0v) is 10.6. The van der Waals surface area contributed by atoms with Gasteiger partial charge in [0.1, 0.15) is 11.6 Å². The summed E-state index contributed by atoms with van der Waals surface area (Å²) in [6.07, 6.45) is 0. The second kappa shape index (κ2) is 4.42. The Hall–Kier alpha value is -1.88. The number of nitrogens with zero attached hydrogens (tertiary/aromatic N) is 3. The Labute approximate surface area is 106 Å². The molecular formula is C13H16N4O. The fraction of sp³-hybridized carbons (Fsp3) is 0.385. The molecule has 2 aromatic rings. The van der Waals surface area contributed by atoms with E-state index in [-0.39, 0.29) is 0 Å². The predicted octanol–water partition coefficient (Wildman–Crippen LogP) is 1.37. The molecule has 0 saturated heterocycles. The van der Waals surface area contributed by atoms with Crippen molar-refractivity contribution in [3.05, 3.63) is 29.6 Å². The molecule has 1 aliphatic rings. The summed E-state index contributed by atoms with van der Waals surface area (Å²) in [5.41, 5.74) is 2.20. The molecule has 0 bridgehead atoms. The van der Waals surface area contributed by atoms with Crippen LogP contribution in [0.25, 0.3) is 11.4 Å². The van der Waals surface area contributed by atoms with Gasteiger partial charge in [-0.15, -0.1) is 10.2 Å². The van der Waals surface area contributed by atoms with E-state index >= 15 is 0 Å². The summed E-state index contributed by atoms with van der Waals surface area (Å²) >= 11 is 0. The van der Waals surface area contributed by atoms with Crippen molar-refractivity contribution in [2.24, 2.45) is 0 Å². The van der Waals surface area contributed by atoms with Crippen molar-refractivity contribution in [1.29, 1.82) is 0 Å². The SMILES string of the molecule is COc1ccc(C)cc1-c1nnc2n1CCNC2. The van der Waals surface area contributed by atoms with Crippen LogP contribution < -0.4 is 10.1 Å². The molecule has 2 heterocycles. The Bertz CT molecular complexity index is 576. The Morgan fingerprint density at radius 3 is 3.06 bits per heavy atom. The third-order valence-electron chi connectivity index (χ3n) is 3.22. The summed E-state index contributed by atoms with van der Waals surface area (Å²) in [5.74, 6) is 2.72. The monoisotopic (exact) mass is 244 g/mol. The van der Waals surface area contributed by atoms with Gasteiger partial charge < -0.3 is 14.6 Å². The summed E-state index contributed by atoms with van der Waals surface area (Å²) in [6.45, 7) is 4.69. The summed E-state index contributed by atoms with van der Waals surface area (Å²) in [4.78, 5) is 0. The maximum atomic E-state index is 5.42. The number of ether oxygens (including phenoxy) is 1. The number of aryl methyl sites for hydroxylation is 1. The zero-order valence-electron chi connectivity index (χ0n) is 10.6. The molecule has 0 fully saturated rings. The van der Waals surface area contributed by atoms with E-state index < -0.39 is 0 Å². The summed E-state index contributed by atoms with van der Waals surface area (Å²) in [7, 11) is 1.68. The largest absolute Gasteiger partial charge is 0.496 e. The third kappa shape index (κ3) is 1.76. The number of methoxy groups -OCH3 is 1. The fourth-order valence-electron chi connectivity index (χ4n) is 2.29. The number of benzene rings is 1. The van der Waals surface area contributed by atoms with Crippen molar-refractivity contribution >= 4 is 0 Å². The van der Waals surface area contributed by atoms with Gasteiger partial charge in [0.05, 0.1) is 19.2 Å². The highest BCUT2D eigenvalue weighted by Gasteiger charge is 2.19. The molecule has 18 heavy (non-hydrogen) atoms. The minimum atomic E-state index is 0.779. The van der Waals surface area contributed by atoms with E-state index in [1.165, 1.54) is 5.56 Å². The van der Waals surface area contributed by atoms with Gasteiger partial charge in [-0.25, -0.2) is 0 Å². The van der Waals surface area contributed by atoms with Crippen LogP contribution in [0, 0.1) is 6.92 Å². The van der Waals surface area contributed by atoms with Gasteiger partial charge in [-0.2, -0.15) is 0 Å². The Morgan fingerprint density at radius 2 is 2.22 bits per heavy atom. The van der Waals surface area contributed by atoms with Crippen molar-refractivity contribution in [2.75, 3.05) is 13.7 Å². The van der Waals surface area contributed by atoms with Crippen LogP contribution in [0.2, 0.25) is 0 Å². The van der Waals surface area contributed by atoms with Crippen molar-refractivity contribution in [2.45, 2.75) is 20.0 Å². The molecule has 0 radical (unpaired) electrons. The quantitative estimate of drug-likeness (QED) is 0.866. The summed E-state index contributed by atoms with van der Waals surface area (Å²) < 4.78 is 7.58. The molecule has 5 heteroatoms. The van der Waals surface area contributed by atoms with Crippen LogP contribution in [-0.2, 0) is 13.1 Å². The van der Waals surface area contributed by atoms with Crippen LogP contribution in [0.1, 0.15) is 11.4 Å². The summed E-state index contributed by atoms with van der Waals surface area (Å²) in [5, 5.41) is 11.8. The molecule has 0 amide bonds. The molecule has 1 aromatic carbocycles. The predicted molar refractivity (Wildman–Crippen MR) is 68.5 cm³/mol. The topological polar surface area (TPSA) is 52.0 Å². The highest BCUT2D eigenvalue weighted by molar-refractivity contribution is 5.65. The first kappa shape index (κ1) is 11.2. The molecule has 3 rings (SSSR count). The highest BCUT2D eigenvalue weighted by Crippen LogP contribution is 2.30. The van der Waals surface area contributed by atoms with Crippen molar-refractivity contribution in [3.8, 4) is 17.1 Å². The van der Waals surface area contributed by atoms with Crippen LogP contribution >= 0.6 is 0 Å². The van der Waals surface area contributed by atoms with Gasteiger partial charge in [-0.05, 0) is 19.1 Å². The lowest BCUT2D eigenvalue weighted by Gasteiger charge is -2.17. The first-order valence-corrected chi connectivity index (χ1v) is 6.07. The van der Waals surface area contributed by atoms with E-state index in [9.17, 15) is 0 Å². The molecule has 1 N–H and O–H groups in total. The second-order valence-corrected chi connectivity index (χ2v) is 4.47. The van der Waals surface area contributed by atoms with Crippen molar-refractivity contribution in [1.82, 2.24) is 20.1 Å². The second-order valence-electron chi connectivity index (χ2n) is 4.47. The van der Waals surface area contributed by atoms with E-state index in [0.717, 1.165) is 42.6 Å². The molecule has 0 atom stereocenters. The van der Waals surface area contributed by atoms with E-state index in [1.807, 2.05) is 12.1 Å². The van der Waals surface area contributed by atoms with Crippen LogP contribution in [0.4, 0.5) is 0 Å². The van der Waals surface area contributed by atoms with Gasteiger partial charge >= 0.3 is 0 Å². The van der Waals surface area contributed by atoms with Gasteiger partial charge in [0.25, 0.3) is 0 Å². The lowest BCUT2D eigenvalue weighted by atomic mass is 10.1. The average molecular weight is 244 g/mol. The molecule has 5 nitrogen and oxygen atoms in total. The van der Waals surface area contributed by atoms with Crippen LogP contribution in [0.3, 0.4) is 0 Å². The number of fused-ring (bicyclic) bond motifs is 1. The standard InChI is InChI=1S/C13H16N4O/c1-9-3-4-11(18-2)10(7-9)13-16-15-12-8-14-5-6-17(12)13/h3-4,7,14H,5-6,8H2,1-2H3. The number of nitrogens with one attached hydrogen (secondary N) is 1. The first-order valence-electron chi connectivity index (χ1n) is 6.07. The molecule has 94 valence electrons. The van der Waals surface area contributed by atoms with E-state index in [2.05, 4.69) is 33.1 Å². The number of hydrogen-bond acceptors (Lipinski definition) is 4. The smallest absolute Gasteiger partial charge is 0.167 e. The number of rotatable bonds is 2. The van der Waals surface area contributed by atoms with Crippen LogP contribution in [0.5, 0.6) is 5.75 Å². The fourth-order valence-corrected chi connectivity index (χ4v) is 2.29. The molecule has 1 aromatic heterocycles. The number of aromatic nitrogens is 3. The van der Waals surface area contributed by atoms with Gasteiger partial charge in [0.15, 0.2) is 5.82 Å². The minimum Gasteiger partial charge on any atom is -0.496 e. The Balaban J connectivity index is 2.14. The number of hydrogen-bond donors (Lipinski definition) is 1. The van der Waals surface area contributed by atoms with Crippen molar-refractivity contribution in [3.63, 3.8) is 0 Å². The Morgan fingerprint density at radius 1 is 1.33 bits per heavy atom. The van der Waals surface area contributed by atoms with Gasteiger partial charge in [-0.3, -0.25) is 0 Å². The molecule has 0 aliphatic carbocycles. The van der Waals surface area contributed by atoms with Gasteiger partial charge in [0, 0.05) is 13.1 Å². The zero-order chi connectivity index (χ0) is 12.5. The normalized spacial score (nSPS) is 14.3. The lowest BCUT2D eigenvalue weighted by molar-refractivity contribution is 0.415. The molecule has 0 saturated carbocycles. The minimum absolute atomic E-state index is 0.779. The van der Waals surface area contributed by atoms with Crippen molar-refractivity contribution < 1.29 is 4.74 Å². The van der Waals surface area contributed by atoms with E-state index in [4.69, 9.17) is 4.74 Å². The molecule has 0 spiro atoms. The van der Waals surface area contributed by atoms with Crippen LogP contribution in [-0.4, -0.2) is 28.4 Å². The van der Waals surface area contributed by atoms with Crippen LogP contribution in [0.15, 0.2) is 18.2 Å². The van der Waals surface area contributed by atoms with E-state index in [1.54, 1.807) is 7.11 Å². The van der Waals surface area contributed by atoms with E-state index in [0.29, 0.717) is 0 Å². The maximum Gasteiger partial charge on any atom is 0.167 e. The Kier molecular flexibility index (Phi) is 2.76. The molecule has 0 unspecified atom stereocenters. The highest BCUT2D eigenvalue weighted by atomic mass is 16.5. The first-order chi connectivity index (χ1) is 8.79. The molecule has 1 aliphatic heterocycles. The molecular weight excluding hydrogens is 228 g/mol. The average Bonchev–Trinajstić information content (AvgIpc) is 2.82. The third-order valence-corrected chi connectivity index (χ3v) is 3.22. The summed E-state index contributed by atoms with van der Waals surface area (Å²) in [6, 6.07) is 6.11. The van der Waals surface area contributed by atoms with Gasteiger partial charge in [0.2, 0.25) is 0 Å².